The van der Waals surface area contributed by atoms with Gasteiger partial charge in [-0.25, -0.2) is 0 Å². The molecule has 1 aliphatic rings. The highest BCUT2D eigenvalue weighted by Gasteiger charge is 2.30. The van der Waals surface area contributed by atoms with Crippen molar-refractivity contribution in [2.24, 2.45) is 0 Å². The molecule has 0 fully saturated rings. The summed E-state index contributed by atoms with van der Waals surface area (Å²) in [6.07, 6.45) is 6.85. The maximum absolute atomic E-state index is 13.1. The average Bonchev–Trinajstić information content (AvgIpc) is 3.06. The number of nitro groups is 1. The van der Waals surface area contributed by atoms with E-state index in [1.165, 1.54) is 12.1 Å². The number of non-ortho nitro benzene ring substituents is 1. The number of anilines is 1. The van der Waals surface area contributed by atoms with Crippen LogP contribution in [-0.4, -0.2) is 15.8 Å². The monoisotopic (exact) mass is 369 g/mol. The largest absolute Gasteiger partial charge is 0.275 e. The summed E-state index contributed by atoms with van der Waals surface area (Å²) in [6, 6.07) is 19.3. The molecule has 0 unspecified atom stereocenters. The van der Waals surface area contributed by atoms with Crippen LogP contribution in [0.1, 0.15) is 11.1 Å². The lowest BCUT2D eigenvalue weighted by Gasteiger charge is -2.20. The number of carbonyl (C=O) groups excluding carboxylic acids is 1. The van der Waals surface area contributed by atoms with Gasteiger partial charge in [0.05, 0.1) is 22.5 Å². The average molecular weight is 369 g/mol. The molecule has 2 heterocycles. The van der Waals surface area contributed by atoms with Crippen molar-refractivity contribution in [3.63, 3.8) is 0 Å². The van der Waals surface area contributed by atoms with Crippen molar-refractivity contribution in [1.29, 1.82) is 0 Å². The standard InChI is InChI=1S/C22H15N3O3/c26-22-18(13-16-8-10-19(11-9-16)25(27)28)14-21(17-5-2-1-3-6-17)24(22)20-7-4-12-23-15-20/h1-15H/b18-13+. The maximum atomic E-state index is 13.1. The summed E-state index contributed by atoms with van der Waals surface area (Å²) in [4.78, 5) is 29.3. The van der Waals surface area contributed by atoms with E-state index in [1.807, 2.05) is 42.5 Å². The first-order valence-corrected chi connectivity index (χ1v) is 8.61. The number of aromatic nitrogens is 1. The summed E-state index contributed by atoms with van der Waals surface area (Å²) < 4.78 is 0. The van der Waals surface area contributed by atoms with Gasteiger partial charge >= 0.3 is 0 Å². The third-order valence-electron chi connectivity index (χ3n) is 4.38. The van der Waals surface area contributed by atoms with E-state index in [0.29, 0.717) is 16.8 Å². The van der Waals surface area contributed by atoms with Crippen LogP contribution in [0.15, 0.2) is 90.8 Å². The highest BCUT2D eigenvalue weighted by Crippen LogP contribution is 2.34. The van der Waals surface area contributed by atoms with Crippen molar-refractivity contribution in [1.82, 2.24) is 4.98 Å². The molecular weight excluding hydrogens is 354 g/mol. The Morgan fingerprint density at radius 3 is 2.36 bits per heavy atom. The highest BCUT2D eigenvalue weighted by atomic mass is 16.6. The summed E-state index contributed by atoms with van der Waals surface area (Å²) in [5.41, 5.74) is 3.56. The van der Waals surface area contributed by atoms with Gasteiger partial charge in [-0.1, -0.05) is 30.3 Å². The Bertz CT molecular complexity index is 1090. The number of hydrogen-bond acceptors (Lipinski definition) is 4. The number of amides is 1. The Balaban J connectivity index is 1.77. The first-order chi connectivity index (χ1) is 13.6. The van der Waals surface area contributed by atoms with Gasteiger partial charge in [-0.15, -0.1) is 0 Å². The fraction of sp³-hybridized carbons (Fsp3) is 0. The van der Waals surface area contributed by atoms with Crippen LogP contribution in [0.25, 0.3) is 11.8 Å². The molecule has 6 nitrogen and oxygen atoms in total. The lowest BCUT2D eigenvalue weighted by atomic mass is 10.1. The number of pyridine rings is 1. The molecule has 0 bridgehead atoms. The first kappa shape index (κ1) is 17.4. The van der Waals surface area contributed by atoms with E-state index < -0.39 is 4.92 Å². The van der Waals surface area contributed by atoms with Crippen LogP contribution < -0.4 is 4.90 Å². The smallest absolute Gasteiger partial charge is 0.269 e. The molecular formula is C22H15N3O3. The fourth-order valence-electron chi connectivity index (χ4n) is 3.05. The zero-order valence-electron chi connectivity index (χ0n) is 14.7. The Morgan fingerprint density at radius 1 is 0.964 bits per heavy atom. The third kappa shape index (κ3) is 3.31. The summed E-state index contributed by atoms with van der Waals surface area (Å²) in [5.74, 6) is -0.176. The van der Waals surface area contributed by atoms with Gasteiger partial charge in [0.25, 0.3) is 11.6 Å². The van der Waals surface area contributed by atoms with Crippen LogP contribution in [0.4, 0.5) is 11.4 Å². The zero-order chi connectivity index (χ0) is 19.5. The van der Waals surface area contributed by atoms with Gasteiger partial charge in [0, 0.05) is 23.9 Å². The molecule has 1 amide bonds. The molecule has 1 aliphatic heterocycles. The lowest BCUT2D eigenvalue weighted by Crippen LogP contribution is -2.25. The van der Waals surface area contributed by atoms with E-state index in [9.17, 15) is 14.9 Å². The Kier molecular flexibility index (Phi) is 4.51. The molecule has 0 radical (unpaired) electrons. The second kappa shape index (κ2) is 7.28. The van der Waals surface area contributed by atoms with Gasteiger partial charge in [-0.2, -0.15) is 0 Å². The number of nitrogens with zero attached hydrogens (tertiary/aromatic N) is 3. The van der Waals surface area contributed by atoms with Crippen LogP contribution in [0, 0.1) is 10.1 Å². The van der Waals surface area contributed by atoms with E-state index in [4.69, 9.17) is 0 Å². The molecule has 0 atom stereocenters. The minimum absolute atomic E-state index is 0.0115. The van der Waals surface area contributed by atoms with Crippen LogP contribution in [-0.2, 0) is 4.79 Å². The minimum Gasteiger partial charge on any atom is -0.275 e. The SMILES string of the molecule is O=C1/C(=C/c2ccc([N+](=O)[O-])cc2)C=C(c2ccccc2)N1c1cccnc1. The van der Waals surface area contributed by atoms with Crippen molar-refractivity contribution >= 4 is 29.1 Å². The third-order valence-corrected chi connectivity index (χ3v) is 4.38. The fourth-order valence-corrected chi connectivity index (χ4v) is 3.05. The van der Waals surface area contributed by atoms with Crippen molar-refractivity contribution in [3.8, 4) is 0 Å². The molecule has 4 rings (SSSR count). The molecule has 0 aliphatic carbocycles. The molecule has 0 N–H and O–H groups in total. The van der Waals surface area contributed by atoms with E-state index in [0.717, 1.165) is 11.3 Å². The second-order valence-electron chi connectivity index (χ2n) is 6.20. The quantitative estimate of drug-likeness (QED) is 0.386. The minimum atomic E-state index is -0.449. The summed E-state index contributed by atoms with van der Waals surface area (Å²) in [6.45, 7) is 0. The van der Waals surface area contributed by atoms with Crippen molar-refractivity contribution in [2.75, 3.05) is 4.90 Å². The van der Waals surface area contributed by atoms with Gasteiger partial charge in [0.15, 0.2) is 0 Å². The number of benzene rings is 2. The van der Waals surface area contributed by atoms with Crippen LogP contribution in [0.3, 0.4) is 0 Å². The molecule has 3 aromatic rings. The van der Waals surface area contributed by atoms with E-state index in [1.54, 1.807) is 41.6 Å². The molecule has 0 spiro atoms. The predicted octanol–water partition coefficient (Wildman–Crippen LogP) is 4.46. The molecule has 1 aromatic heterocycles. The van der Waals surface area contributed by atoms with Crippen molar-refractivity contribution in [3.05, 3.63) is 112 Å². The molecule has 6 heteroatoms. The zero-order valence-corrected chi connectivity index (χ0v) is 14.7. The second-order valence-corrected chi connectivity index (χ2v) is 6.20. The number of rotatable bonds is 4. The highest BCUT2D eigenvalue weighted by molar-refractivity contribution is 6.23. The van der Waals surface area contributed by atoms with Gasteiger partial charge in [-0.3, -0.25) is 24.8 Å². The Morgan fingerprint density at radius 2 is 1.71 bits per heavy atom. The van der Waals surface area contributed by atoms with Crippen LogP contribution in [0.5, 0.6) is 0 Å². The van der Waals surface area contributed by atoms with Crippen molar-refractivity contribution in [2.45, 2.75) is 0 Å². The van der Waals surface area contributed by atoms with E-state index in [-0.39, 0.29) is 11.6 Å². The normalized spacial score (nSPS) is 15.0. The molecule has 0 saturated heterocycles. The van der Waals surface area contributed by atoms with Gasteiger partial charge < -0.3 is 0 Å². The Labute approximate surface area is 161 Å². The van der Waals surface area contributed by atoms with Crippen LogP contribution >= 0.6 is 0 Å². The molecule has 2 aromatic carbocycles. The first-order valence-electron chi connectivity index (χ1n) is 8.61. The van der Waals surface area contributed by atoms with Gasteiger partial charge in [0.1, 0.15) is 0 Å². The van der Waals surface area contributed by atoms with Crippen molar-refractivity contribution < 1.29 is 9.72 Å². The van der Waals surface area contributed by atoms with Crippen LogP contribution in [0.2, 0.25) is 0 Å². The number of carbonyl (C=O) groups is 1. The molecule has 0 saturated carbocycles. The molecule has 136 valence electrons. The topological polar surface area (TPSA) is 76.3 Å². The summed E-state index contributed by atoms with van der Waals surface area (Å²) in [5, 5.41) is 10.8. The summed E-state index contributed by atoms with van der Waals surface area (Å²) in [7, 11) is 0. The Hall–Kier alpha value is -4.06. The van der Waals surface area contributed by atoms with Gasteiger partial charge in [0.2, 0.25) is 0 Å². The number of hydrogen-bond donors (Lipinski definition) is 0. The number of nitro benzene ring substituents is 1. The maximum Gasteiger partial charge on any atom is 0.269 e. The molecule has 28 heavy (non-hydrogen) atoms. The van der Waals surface area contributed by atoms with Gasteiger partial charge in [-0.05, 0) is 47.5 Å². The summed E-state index contributed by atoms with van der Waals surface area (Å²) >= 11 is 0. The lowest BCUT2D eigenvalue weighted by molar-refractivity contribution is -0.384. The van der Waals surface area contributed by atoms with E-state index >= 15 is 0 Å². The predicted molar refractivity (Wildman–Crippen MR) is 107 cm³/mol. The van der Waals surface area contributed by atoms with E-state index in [2.05, 4.69) is 4.98 Å².